The summed E-state index contributed by atoms with van der Waals surface area (Å²) < 4.78 is 32.9. The van der Waals surface area contributed by atoms with Gasteiger partial charge in [-0.05, 0) is 0 Å². The van der Waals surface area contributed by atoms with Gasteiger partial charge < -0.3 is 18.6 Å². The van der Waals surface area contributed by atoms with Crippen molar-refractivity contribution in [2.45, 2.75) is 0 Å². The molecule has 4 nitrogen and oxygen atoms in total. The van der Waals surface area contributed by atoms with Crippen molar-refractivity contribution < 1.29 is 60.8 Å². The van der Waals surface area contributed by atoms with E-state index in [1.54, 1.807) is 0 Å². The first-order valence-electron chi connectivity index (χ1n) is 0.617. The predicted molar refractivity (Wildman–Crippen MR) is 0 cm³/mol. The standard InChI is InChI=1S/2ClO2.Zn/c2*2-1-3;/q2*-1;+2. The van der Waals surface area contributed by atoms with Crippen LogP contribution in [0.5, 0.6) is 0 Å². The maximum Gasteiger partial charge on any atom is 2.00 e. The van der Waals surface area contributed by atoms with Gasteiger partial charge in [-0.3, -0.25) is 0 Å². The van der Waals surface area contributed by atoms with E-state index in [0.717, 1.165) is 0 Å². The summed E-state index contributed by atoms with van der Waals surface area (Å²) in [5.41, 5.74) is 0. The van der Waals surface area contributed by atoms with Crippen LogP contribution in [0.15, 0.2) is 0 Å². The Morgan fingerprint density at radius 3 is 0.714 bits per heavy atom. The molecule has 0 saturated carbocycles. The van der Waals surface area contributed by atoms with E-state index < -0.39 is 22.7 Å². The van der Waals surface area contributed by atoms with Crippen LogP contribution in [0, 0.1) is 22.7 Å². The zero-order valence-corrected chi connectivity index (χ0v) is 7.58. The largest absolute Gasteiger partial charge is 2.00 e. The first kappa shape index (κ1) is 15.7. The van der Waals surface area contributed by atoms with Crippen molar-refractivity contribution in [2.75, 3.05) is 0 Å². The average Bonchev–Trinajstić information content (AvgIpc) is 1.39. The molecule has 0 atom stereocenters. The van der Waals surface area contributed by atoms with Crippen LogP contribution in [-0.4, -0.2) is 0 Å². The minimum absolute atomic E-state index is 0. The van der Waals surface area contributed by atoms with Crippen LogP contribution < -0.4 is 18.6 Å². The molecule has 0 radical (unpaired) electrons. The van der Waals surface area contributed by atoms with E-state index in [2.05, 4.69) is 0 Å². The Morgan fingerprint density at radius 2 is 0.714 bits per heavy atom. The molecule has 7 heavy (non-hydrogen) atoms. The normalized spacial score (nSPS) is 5.14. The first-order valence-corrected chi connectivity index (χ1v) is 1.85. The average molecular weight is 200 g/mol. The molecular weight excluding hydrogens is 200 g/mol. The SMILES string of the molecule is [O-][Cl+][O-].[O-][Cl+][O-].[Zn+2]. The third kappa shape index (κ3) is 165. The summed E-state index contributed by atoms with van der Waals surface area (Å²) in [6, 6.07) is 0. The fourth-order valence-corrected chi connectivity index (χ4v) is 0. The monoisotopic (exact) mass is 198 g/mol. The number of hydrogen-bond acceptors (Lipinski definition) is 4. The van der Waals surface area contributed by atoms with Crippen molar-refractivity contribution in [3.05, 3.63) is 0 Å². The summed E-state index contributed by atoms with van der Waals surface area (Å²) in [7, 11) is 0. The molecule has 0 aromatic rings. The zero-order valence-electron chi connectivity index (χ0n) is 3.10. The molecule has 0 N–H and O–H groups in total. The Bertz CT molecular complexity index is 11.7. The molecule has 0 heterocycles. The van der Waals surface area contributed by atoms with E-state index in [4.69, 9.17) is 18.6 Å². The number of hydrogen-bond donors (Lipinski definition) is 0. The van der Waals surface area contributed by atoms with E-state index in [0.29, 0.717) is 0 Å². The third-order valence-electron chi connectivity index (χ3n) is 0. The van der Waals surface area contributed by atoms with Crippen LogP contribution in [0.2, 0.25) is 0 Å². The van der Waals surface area contributed by atoms with Crippen molar-refractivity contribution in [3.8, 4) is 0 Å². The summed E-state index contributed by atoms with van der Waals surface area (Å²) in [4.78, 5) is 0. The molecule has 0 rings (SSSR count). The van der Waals surface area contributed by atoms with Crippen molar-refractivity contribution in [3.63, 3.8) is 0 Å². The molecule has 0 aromatic carbocycles. The van der Waals surface area contributed by atoms with E-state index >= 15 is 0 Å². The fraction of sp³-hybridized carbons (Fsp3) is 0. The molecule has 0 aliphatic heterocycles. The molecule has 0 aromatic heterocycles. The van der Waals surface area contributed by atoms with Crippen molar-refractivity contribution >= 4 is 0 Å². The molecule has 0 fully saturated rings. The third-order valence-corrected chi connectivity index (χ3v) is 0. The second-order valence-corrected chi connectivity index (χ2v) is 0.378. The van der Waals surface area contributed by atoms with E-state index in [-0.39, 0.29) is 19.5 Å². The van der Waals surface area contributed by atoms with Gasteiger partial charge in [0.05, 0.1) is 22.7 Å². The summed E-state index contributed by atoms with van der Waals surface area (Å²) in [6.07, 6.45) is 0. The Hall–Kier alpha value is 1.04. The van der Waals surface area contributed by atoms with Crippen LogP contribution in [0.25, 0.3) is 0 Å². The molecule has 0 aliphatic carbocycles. The first-order chi connectivity index (χ1) is 2.83. The van der Waals surface area contributed by atoms with E-state index in [9.17, 15) is 0 Å². The van der Waals surface area contributed by atoms with Gasteiger partial charge in [-0.1, -0.05) is 0 Å². The topological polar surface area (TPSA) is 92.2 Å². The smallest absolute Gasteiger partial charge is 0.544 e. The van der Waals surface area contributed by atoms with Gasteiger partial charge in [0, 0.05) is 0 Å². The number of halogens is 2. The minimum atomic E-state index is -0.417. The van der Waals surface area contributed by atoms with Gasteiger partial charge in [-0.25, -0.2) is 0 Å². The molecule has 0 saturated heterocycles. The quantitative estimate of drug-likeness (QED) is 0.367. The minimum Gasteiger partial charge on any atom is -0.544 e. The Kier molecular flexibility index (Phi) is 62.2. The Labute approximate surface area is 61.0 Å². The van der Waals surface area contributed by atoms with Gasteiger partial charge in [0.2, 0.25) is 0 Å². The fourth-order valence-electron chi connectivity index (χ4n) is 0. The van der Waals surface area contributed by atoms with Crippen molar-refractivity contribution in [1.29, 1.82) is 0 Å². The molecular formula is Cl2O4Zn. The second kappa shape index (κ2) is 27.8. The van der Waals surface area contributed by atoms with Crippen LogP contribution in [-0.2, 0) is 19.5 Å². The predicted octanol–water partition coefficient (Wildman–Crippen LogP) is -4.76. The van der Waals surface area contributed by atoms with Gasteiger partial charge in [-0.2, -0.15) is 0 Å². The molecule has 7 heteroatoms. The van der Waals surface area contributed by atoms with Crippen LogP contribution in [0.1, 0.15) is 0 Å². The molecule has 40 valence electrons. The summed E-state index contributed by atoms with van der Waals surface area (Å²) in [5, 5.41) is 0. The van der Waals surface area contributed by atoms with Gasteiger partial charge in [0.25, 0.3) is 0 Å². The van der Waals surface area contributed by atoms with Gasteiger partial charge in [0.1, 0.15) is 0 Å². The molecule has 0 bridgehead atoms. The zero-order chi connectivity index (χ0) is 5.41. The maximum atomic E-state index is 8.24. The molecule has 0 spiro atoms. The van der Waals surface area contributed by atoms with Gasteiger partial charge in [-0.15, -0.1) is 0 Å². The summed E-state index contributed by atoms with van der Waals surface area (Å²) >= 11 is -0.833. The summed E-state index contributed by atoms with van der Waals surface area (Å²) in [5.74, 6) is 0. The van der Waals surface area contributed by atoms with Crippen LogP contribution in [0.4, 0.5) is 0 Å². The van der Waals surface area contributed by atoms with Crippen LogP contribution >= 0.6 is 0 Å². The molecule has 0 aliphatic rings. The van der Waals surface area contributed by atoms with Crippen molar-refractivity contribution in [1.82, 2.24) is 0 Å². The maximum absolute atomic E-state index is 8.24. The van der Waals surface area contributed by atoms with Crippen LogP contribution in [0.3, 0.4) is 0 Å². The van der Waals surface area contributed by atoms with Gasteiger partial charge >= 0.3 is 19.5 Å². The second-order valence-electron chi connectivity index (χ2n) is 0.126. The van der Waals surface area contributed by atoms with E-state index in [1.165, 1.54) is 0 Å². The Balaban J connectivity index is -0.0000000400. The number of rotatable bonds is 0. The molecule has 0 amide bonds. The van der Waals surface area contributed by atoms with Gasteiger partial charge in [0.15, 0.2) is 0 Å². The van der Waals surface area contributed by atoms with E-state index in [1.807, 2.05) is 0 Å². The Morgan fingerprint density at radius 1 is 0.714 bits per heavy atom. The van der Waals surface area contributed by atoms with Crippen molar-refractivity contribution in [2.24, 2.45) is 0 Å². The summed E-state index contributed by atoms with van der Waals surface area (Å²) in [6.45, 7) is 0. The molecule has 0 unspecified atom stereocenters.